The second kappa shape index (κ2) is 5.70. The van der Waals surface area contributed by atoms with Crippen molar-refractivity contribution >= 4 is 22.7 Å². The van der Waals surface area contributed by atoms with Crippen LogP contribution < -0.4 is 5.32 Å². The highest BCUT2D eigenvalue weighted by molar-refractivity contribution is 7.86. The molecule has 0 spiro atoms. The van der Waals surface area contributed by atoms with Gasteiger partial charge >= 0.3 is 5.97 Å². The largest absolute Gasteiger partial charge is 0.478 e. The number of nitrogens with one attached hydrogen (secondary N) is 1. The summed E-state index contributed by atoms with van der Waals surface area (Å²) in [5.74, 6) is -2.43. The number of carboxylic acids is 1. The van der Waals surface area contributed by atoms with Crippen LogP contribution in [0.4, 0.5) is 4.39 Å². The van der Waals surface area contributed by atoms with Crippen LogP contribution in [0.15, 0.2) is 23.1 Å². The van der Waals surface area contributed by atoms with E-state index in [1.807, 2.05) is 0 Å². The predicted octanol–water partition coefficient (Wildman–Crippen LogP) is 1.30. The molecular weight excluding hydrogens is 285 g/mol. The van der Waals surface area contributed by atoms with Crippen molar-refractivity contribution in [3.63, 3.8) is 0 Å². The summed E-state index contributed by atoms with van der Waals surface area (Å²) in [5.41, 5.74) is -0.162. The van der Waals surface area contributed by atoms with Gasteiger partial charge in [-0.25, -0.2) is 9.18 Å². The Labute approximate surface area is 117 Å². The zero-order valence-electron chi connectivity index (χ0n) is 10.8. The van der Waals surface area contributed by atoms with E-state index in [1.165, 1.54) is 6.92 Å². The lowest BCUT2D eigenvalue weighted by atomic mass is 10.2. The summed E-state index contributed by atoms with van der Waals surface area (Å²) in [4.78, 5) is 22.4. The molecule has 0 aliphatic heterocycles. The molecule has 7 heteroatoms. The number of amides is 1. The minimum absolute atomic E-state index is 0.122. The Morgan fingerprint density at radius 1 is 1.45 bits per heavy atom. The van der Waals surface area contributed by atoms with Gasteiger partial charge in [-0.15, -0.1) is 0 Å². The van der Waals surface area contributed by atoms with Crippen LogP contribution in [0, 0.1) is 5.82 Å². The molecule has 20 heavy (non-hydrogen) atoms. The topological polar surface area (TPSA) is 83.5 Å². The molecule has 1 aliphatic rings. The highest BCUT2D eigenvalue weighted by atomic mass is 32.2. The van der Waals surface area contributed by atoms with Crippen molar-refractivity contribution in [1.82, 2.24) is 5.32 Å². The Balaban J connectivity index is 2.20. The lowest BCUT2D eigenvalue weighted by Gasteiger charge is -2.12. The highest BCUT2D eigenvalue weighted by Crippen LogP contribution is 2.21. The van der Waals surface area contributed by atoms with Gasteiger partial charge in [0.2, 0.25) is 5.91 Å². The van der Waals surface area contributed by atoms with Gasteiger partial charge in [-0.05, 0) is 38.0 Å². The van der Waals surface area contributed by atoms with E-state index in [-0.39, 0.29) is 16.5 Å². The first kappa shape index (κ1) is 14.6. The molecule has 0 bridgehead atoms. The molecule has 2 N–H and O–H groups in total. The first-order valence-electron chi connectivity index (χ1n) is 6.14. The molecule has 1 amide bonds. The molecule has 1 fully saturated rings. The Kier molecular flexibility index (Phi) is 4.17. The normalized spacial score (nSPS) is 17.3. The fraction of sp³-hybridized carbons (Fsp3) is 0.385. The minimum Gasteiger partial charge on any atom is -0.478 e. The van der Waals surface area contributed by atoms with Crippen molar-refractivity contribution < 1.29 is 23.3 Å². The van der Waals surface area contributed by atoms with Crippen LogP contribution >= 0.6 is 0 Å². The van der Waals surface area contributed by atoms with Crippen molar-refractivity contribution in [3.8, 4) is 0 Å². The monoisotopic (exact) mass is 299 g/mol. The zero-order valence-corrected chi connectivity index (χ0v) is 11.6. The average molecular weight is 299 g/mol. The van der Waals surface area contributed by atoms with Crippen molar-refractivity contribution in [2.24, 2.45) is 0 Å². The van der Waals surface area contributed by atoms with E-state index >= 15 is 0 Å². The van der Waals surface area contributed by atoms with Crippen LogP contribution in [0.5, 0.6) is 0 Å². The van der Waals surface area contributed by atoms with Crippen LogP contribution in [0.3, 0.4) is 0 Å². The standard InChI is InChI=1S/C13H14FNO4S/c1-7(12(16)15-9-3-4-9)20(19)11-6-8(13(17)18)2-5-10(11)14/h2,5-7,9H,3-4H2,1H3,(H,15,16)(H,17,18). The molecular formula is C13H14FNO4S. The zero-order chi connectivity index (χ0) is 14.9. The lowest BCUT2D eigenvalue weighted by Crippen LogP contribution is -2.36. The number of halogens is 1. The van der Waals surface area contributed by atoms with Crippen LogP contribution in [-0.4, -0.2) is 32.5 Å². The highest BCUT2D eigenvalue weighted by Gasteiger charge is 2.29. The van der Waals surface area contributed by atoms with Gasteiger partial charge in [0.1, 0.15) is 11.1 Å². The van der Waals surface area contributed by atoms with E-state index < -0.39 is 33.7 Å². The summed E-state index contributed by atoms with van der Waals surface area (Å²) < 4.78 is 25.9. The molecule has 1 aliphatic carbocycles. The second-order valence-corrected chi connectivity index (χ2v) is 6.41. The number of carbonyl (C=O) groups excluding carboxylic acids is 1. The van der Waals surface area contributed by atoms with E-state index in [2.05, 4.69) is 5.32 Å². The summed E-state index contributed by atoms with van der Waals surface area (Å²) in [6, 6.07) is 3.17. The third-order valence-corrected chi connectivity index (χ3v) is 4.61. The van der Waals surface area contributed by atoms with Gasteiger partial charge in [0, 0.05) is 6.04 Å². The third kappa shape index (κ3) is 3.22. The maximum Gasteiger partial charge on any atom is 0.335 e. The molecule has 2 rings (SSSR count). The van der Waals surface area contributed by atoms with Gasteiger partial charge in [0.05, 0.1) is 21.3 Å². The van der Waals surface area contributed by atoms with E-state index in [9.17, 15) is 18.2 Å². The number of hydrogen-bond acceptors (Lipinski definition) is 3. The van der Waals surface area contributed by atoms with E-state index in [1.54, 1.807) is 0 Å². The fourth-order valence-electron chi connectivity index (χ4n) is 1.62. The Bertz CT molecular complexity index is 586. The maximum absolute atomic E-state index is 13.7. The van der Waals surface area contributed by atoms with Gasteiger partial charge < -0.3 is 10.4 Å². The summed E-state index contributed by atoms with van der Waals surface area (Å²) in [6.45, 7) is 1.43. The van der Waals surface area contributed by atoms with Crippen molar-refractivity contribution in [3.05, 3.63) is 29.6 Å². The first-order valence-corrected chi connectivity index (χ1v) is 7.35. The van der Waals surface area contributed by atoms with E-state index in [0.29, 0.717) is 0 Å². The number of carbonyl (C=O) groups is 2. The SMILES string of the molecule is CC(C(=O)NC1CC1)S(=O)c1cc(C(=O)O)ccc1F. The van der Waals surface area contributed by atoms with Gasteiger partial charge in [0.25, 0.3) is 0 Å². The molecule has 1 aromatic carbocycles. The smallest absolute Gasteiger partial charge is 0.335 e. The average Bonchev–Trinajstić information content (AvgIpc) is 3.21. The molecule has 0 saturated heterocycles. The quantitative estimate of drug-likeness (QED) is 0.858. The molecule has 5 nitrogen and oxygen atoms in total. The van der Waals surface area contributed by atoms with Crippen LogP contribution in [0.2, 0.25) is 0 Å². The maximum atomic E-state index is 13.7. The third-order valence-electron chi connectivity index (χ3n) is 3.01. The Hall–Kier alpha value is -1.76. The van der Waals surface area contributed by atoms with E-state index in [4.69, 9.17) is 5.11 Å². The predicted molar refractivity (Wildman–Crippen MR) is 70.4 cm³/mol. The molecule has 108 valence electrons. The lowest BCUT2D eigenvalue weighted by molar-refractivity contribution is -0.120. The molecule has 0 aromatic heterocycles. The summed E-state index contributed by atoms with van der Waals surface area (Å²) >= 11 is 0. The summed E-state index contributed by atoms with van der Waals surface area (Å²) in [5, 5.41) is 10.6. The number of carboxylic acid groups (broad SMARTS) is 1. The van der Waals surface area contributed by atoms with Crippen LogP contribution in [0.25, 0.3) is 0 Å². The van der Waals surface area contributed by atoms with Crippen LogP contribution in [-0.2, 0) is 15.6 Å². The Morgan fingerprint density at radius 2 is 2.10 bits per heavy atom. The Morgan fingerprint density at radius 3 is 2.65 bits per heavy atom. The fourth-order valence-corrected chi connectivity index (χ4v) is 2.77. The molecule has 0 heterocycles. The van der Waals surface area contributed by atoms with Gasteiger partial charge in [0.15, 0.2) is 0 Å². The molecule has 2 unspecified atom stereocenters. The molecule has 0 radical (unpaired) electrons. The van der Waals surface area contributed by atoms with Gasteiger partial charge in [-0.2, -0.15) is 0 Å². The second-order valence-electron chi connectivity index (χ2n) is 4.67. The van der Waals surface area contributed by atoms with Crippen molar-refractivity contribution in [2.75, 3.05) is 0 Å². The summed E-state index contributed by atoms with van der Waals surface area (Å²) in [6.07, 6.45) is 1.79. The van der Waals surface area contributed by atoms with E-state index in [0.717, 1.165) is 31.0 Å². The number of aromatic carboxylic acids is 1. The summed E-state index contributed by atoms with van der Waals surface area (Å²) in [7, 11) is -1.94. The van der Waals surface area contributed by atoms with Gasteiger partial charge in [-0.1, -0.05) is 0 Å². The van der Waals surface area contributed by atoms with Crippen molar-refractivity contribution in [1.29, 1.82) is 0 Å². The minimum atomic E-state index is -1.94. The van der Waals surface area contributed by atoms with Crippen molar-refractivity contribution in [2.45, 2.75) is 36.0 Å². The molecule has 1 aromatic rings. The van der Waals surface area contributed by atoms with Crippen LogP contribution in [0.1, 0.15) is 30.1 Å². The van der Waals surface area contributed by atoms with Gasteiger partial charge in [-0.3, -0.25) is 9.00 Å². The number of rotatable bonds is 5. The molecule has 1 saturated carbocycles. The number of benzene rings is 1. The number of hydrogen-bond donors (Lipinski definition) is 2. The first-order chi connectivity index (χ1) is 9.40. The molecule has 2 atom stereocenters.